The normalized spacial score (nSPS) is 20.6. The first kappa shape index (κ1) is 10.5. The molecule has 0 unspecified atom stereocenters. The molecule has 0 aliphatic carbocycles. The van der Waals surface area contributed by atoms with E-state index in [2.05, 4.69) is 20.5 Å². The Morgan fingerprint density at radius 3 is 3.00 bits per heavy atom. The van der Waals surface area contributed by atoms with Crippen molar-refractivity contribution < 1.29 is 4.39 Å². The molecule has 0 bridgehead atoms. The van der Waals surface area contributed by atoms with Crippen molar-refractivity contribution in [1.29, 1.82) is 0 Å². The van der Waals surface area contributed by atoms with Crippen molar-refractivity contribution in [3.8, 4) is 11.4 Å². The number of piperidine rings is 1. The monoisotopic (exact) mass is 234 g/mol. The van der Waals surface area contributed by atoms with Crippen LogP contribution in [0.1, 0.15) is 24.5 Å². The molecule has 0 saturated carbocycles. The highest BCUT2D eigenvalue weighted by atomic mass is 19.1. The first-order valence-electron chi connectivity index (χ1n) is 5.93. The Morgan fingerprint density at radius 2 is 2.29 bits per heavy atom. The molecule has 3 heterocycles. The standard InChI is InChI=1S/C12H15FN4/c13-9-4-11(15-7-9)12-5-10(16-17-12)8-2-1-3-14-6-8/h4-5,7-8,14-15H,1-3,6H2,(H,16,17)/t8-/m0/s1. The molecule has 0 amide bonds. The minimum Gasteiger partial charge on any atom is -0.357 e. The lowest BCUT2D eigenvalue weighted by Gasteiger charge is -2.21. The Bertz CT molecular complexity index is 496. The first-order chi connectivity index (χ1) is 8.33. The fourth-order valence-electron chi connectivity index (χ4n) is 2.32. The lowest BCUT2D eigenvalue weighted by Crippen LogP contribution is -2.28. The molecule has 2 aromatic heterocycles. The number of nitrogens with zero attached hydrogens (tertiary/aromatic N) is 1. The smallest absolute Gasteiger partial charge is 0.141 e. The van der Waals surface area contributed by atoms with Gasteiger partial charge in [-0.15, -0.1) is 0 Å². The Morgan fingerprint density at radius 1 is 1.35 bits per heavy atom. The maximum Gasteiger partial charge on any atom is 0.141 e. The highest BCUT2D eigenvalue weighted by molar-refractivity contribution is 5.54. The molecule has 1 aliphatic rings. The van der Waals surface area contributed by atoms with E-state index in [4.69, 9.17) is 0 Å². The Hall–Kier alpha value is -1.62. The molecule has 17 heavy (non-hydrogen) atoms. The number of hydrogen-bond acceptors (Lipinski definition) is 2. The molecule has 3 rings (SSSR count). The zero-order chi connectivity index (χ0) is 11.7. The number of aromatic amines is 2. The summed E-state index contributed by atoms with van der Waals surface area (Å²) in [6.45, 7) is 2.08. The molecule has 1 saturated heterocycles. The van der Waals surface area contributed by atoms with Gasteiger partial charge in [-0.1, -0.05) is 0 Å². The minimum absolute atomic E-state index is 0.260. The Labute approximate surface area is 98.6 Å². The summed E-state index contributed by atoms with van der Waals surface area (Å²) < 4.78 is 12.9. The second kappa shape index (κ2) is 4.33. The van der Waals surface area contributed by atoms with Crippen molar-refractivity contribution in [3.05, 3.63) is 29.8 Å². The van der Waals surface area contributed by atoms with Crippen LogP contribution in [0.15, 0.2) is 18.3 Å². The van der Waals surface area contributed by atoms with Gasteiger partial charge in [0.25, 0.3) is 0 Å². The van der Waals surface area contributed by atoms with Gasteiger partial charge in [-0.25, -0.2) is 4.39 Å². The molecule has 5 heteroatoms. The average Bonchev–Trinajstić information content (AvgIpc) is 2.98. The van der Waals surface area contributed by atoms with Crippen molar-refractivity contribution in [2.45, 2.75) is 18.8 Å². The van der Waals surface area contributed by atoms with Crippen LogP contribution >= 0.6 is 0 Å². The number of halogens is 1. The number of H-pyrrole nitrogens is 2. The van der Waals surface area contributed by atoms with Gasteiger partial charge in [0.2, 0.25) is 0 Å². The van der Waals surface area contributed by atoms with Gasteiger partial charge in [0.15, 0.2) is 0 Å². The molecule has 0 radical (unpaired) electrons. The summed E-state index contributed by atoms with van der Waals surface area (Å²) in [5.74, 6) is 0.230. The van der Waals surface area contributed by atoms with Crippen LogP contribution in [0.25, 0.3) is 11.4 Å². The van der Waals surface area contributed by atoms with Crippen LogP contribution < -0.4 is 5.32 Å². The summed E-state index contributed by atoms with van der Waals surface area (Å²) in [5.41, 5.74) is 2.62. The summed E-state index contributed by atoms with van der Waals surface area (Å²) in [4.78, 5) is 2.86. The van der Waals surface area contributed by atoms with Crippen molar-refractivity contribution in [3.63, 3.8) is 0 Å². The van der Waals surface area contributed by atoms with E-state index in [-0.39, 0.29) is 5.82 Å². The van der Waals surface area contributed by atoms with Crippen molar-refractivity contribution >= 4 is 0 Å². The molecule has 90 valence electrons. The molecule has 1 fully saturated rings. The van der Waals surface area contributed by atoms with Gasteiger partial charge in [0.05, 0.1) is 5.69 Å². The number of aromatic nitrogens is 3. The summed E-state index contributed by atoms with van der Waals surface area (Å²) in [7, 11) is 0. The molecular weight excluding hydrogens is 219 g/mol. The molecule has 2 aromatic rings. The Kier molecular flexibility index (Phi) is 2.68. The van der Waals surface area contributed by atoms with E-state index >= 15 is 0 Å². The number of rotatable bonds is 2. The van der Waals surface area contributed by atoms with Crippen LogP contribution in [-0.4, -0.2) is 28.3 Å². The summed E-state index contributed by atoms with van der Waals surface area (Å²) in [5, 5.41) is 10.6. The molecule has 1 atom stereocenters. The van der Waals surface area contributed by atoms with Gasteiger partial charge >= 0.3 is 0 Å². The van der Waals surface area contributed by atoms with Gasteiger partial charge in [0.1, 0.15) is 11.5 Å². The average molecular weight is 234 g/mol. The first-order valence-corrected chi connectivity index (χ1v) is 5.93. The van der Waals surface area contributed by atoms with E-state index in [1.54, 1.807) is 0 Å². The van der Waals surface area contributed by atoms with Crippen molar-refractivity contribution in [1.82, 2.24) is 20.5 Å². The molecule has 0 spiro atoms. The van der Waals surface area contributed by atoms with Gasteiger partial charge in [0, 0.05) is 30.4 Å². The van der Waals surface area contributed by atoms with Crippen LogP contribution in [0.2, 0.25) is 0 Å². The van der Waals surface area contributed by atoms with Crippen molar-refractivity contribution in [2.75, 3.05) is 13.1 Å². The van der Waals surface area contributed by atoms with Crippen LogP contribution in [-0.2, 0) is 0 Å². The fraction of sp³-hybridized carbons (Fsp3) is 0.417. The largest absolute Gasteiger partial charge is 0.357 e. The van der Waals surface area contributed by atoms with Gasteiger partial charge in [-0.3, -0.25) is 5.10 Å². The summed E-state index contributed by atoms with van der Waals surface area (Å²) >= 11 is 0. The predicted octanol–water partition coefficient (Wildman–Crippen LogP) is 2.01. The zero-order valence-electron chi connectivity index (χ0n) is 9.46. The maximum absolute atomic E-state index is 12.9. The quantitative estimate of drug-likeness (QED) is 0.744. The number of hydrogen-bond donors (Lipinski definition) is 3. The van der Waals surface area contributed by atoms with E-state index in [1.807, 2.05) is 6.07 Å². The van der Waals surface area contributed by atoms with Crippen LogP contribution in [0, 0.1) is 5.82 Å². The fourth-order valence-corrected chi connectivity index (χ4v) is 2.32. The van der Waals surface area contributed by atoms with Gasteiger partial charge in [-0.05, 0) is 25.5 Å². The van der Waals surface area contributed by atoms with E-state index < -0.39 is 0 Å². The molecular formula is C12H15FN4. The van der Waals surface area contributed by atoms with E-state index in [0.717, 1.165) is 24.5 Å². The second-order valence-electron chi connectivity index (χ2n) is 4.48. The lowest BCUT2D eigenvalue weighted by molar-refractivity contribution is 0.454. The molecule has 0 aromatic carbocycles. The minimum atomic E-state index is -0.260. The third kappa shape index (κ3) is 2.10. The van der Waals surface area contributed by atoms with Gasteiger partial charge in [-0.2, -0.15) is 5.10 Å². The SMILES string of the molecule is Fc1c[nH]c(-c2cc([C@H]3CCCNC3)[nH]n2)c1. The number of nitrogens with one attached hydrogen (secondary N) is 3. The van der Waals surface area contributed by atoms with Crippen LogP contribution in [0.5, 0.6) is 0 Å². The van der Waals surface area contributed by atoms with Crippen LogP contribution in [0.3, 0.4) is 0 Å². The zero-order valence-corrected chi connectivity index (χ0v) is 9.46. The van der Waals surface area contributed by atoms with E-state index in [0.29, 0.717) is 11.6 Å². The summed E-state index contributed by atoms with van der Waals surface area (Å²) in [6, 6.07) is 3.46. The topological polar surface area (TPSA) is 56.5 Å². The Balaban J connectivity index is 1.82. The predicted molar refractivity (Wildman–Crippen MR) is 63.2 cm³/mol. The third-order valence-electron chi connectivity index (χ3n) is 3.26. The lowest BCUT2D eigenvalue weighted by atomic mass is 9.96. The third-order valence-corrected chi connectivity index (χ3v) is 3.26. The highest BCUT2D eigenvalue weighted by Gasteiger charge is 2.18. The molecule has 4 nitrogen and oxygen atoms in total. The molecule has 3 N–H and O–H groups in total. The summed E-state index contributed by atoms with van der Waals surface area (Å²) in [6.07, 6.45) is 3.70. The van der Waals surface area contributed by atoms with Crippen molar-refractivity contribution in [2.24, 2.45) is 0 Å². The second-order valence-corrected chi connectivity index (χ2v) is 4.48. The van der Waals surface area contributed by atoms with Gasteiger partial charge < -0.3 is 10.3 Å². The van der Waals surface area contributed by atoms with E-state index in [9.17, 15) is 4.39 Å². The molecule has 1 aliphatic heterocycles. The highest BCUT2D eigenvalue weighted by Crippen LogP contribution is 2.25. The van der Waals surface area contributed by atoms with Crippen LogP contribution in [0.4, 0.5) is 4.39 Å². The maximum atomic E-state index is 12.9. The van der Waals surface area contributed by atoms with E-state index in [1.165, 1.54) is 25.1 Å².